The topological polar surface area (TPSA) is 73.1 Å². The number of aryl methyl sites for hydroxylation is 1. The highest BCUT2D eigenvalue weighted by atomic mass is 16.5. The van der Waals surface area contributed by atoms with E-state index in [4.69, 9.17) is 19.6 Å². The smallest absolute Gasteiger partial charge is 0.328 e. The predicted molar refractivity (Wildman–Crippen MR) is 95.1 cm³/mol. The van der Waals surface area contributed by atoms with Crippen LogP contribution in [0.15, 0.2) is 42.6 Å². The Hall–Kier alpha value is -3.28. The summed E-state index contributed by atoms with van der Waals surface area (Å²) in [7, 11) is 3.15. The van der Waals surface area contributed by atoms with Crippen LogP contribution in [0.25, 0.3) is 23.0 Å². The molecule has 0 unspecified atom stereocenters. The molecule has 6 nitrogen and oxygen atoms in total. The lowest BCUT2D eigenvalue weighted by Gasteiger charge is -2.09. The fourth-order valence-electron chi connectivity index (χ4n) is 2.73. The highest BCUT2D eigenvalue weighted by Gasteiger charge is 2.15. The van der Waals surface area contributed by atoms with E-state index in [0.717, 1.165) is 22.9 Å². The summed E-state index contributed by atoms with van der Waals surface area (Å²) in [4.78, 5) is 15.7. The van der Waals surface area contributed by atoms with Gasteiger partial charge >= 0.3 is 5.97 Å². The molecule has 0 aliphatic rings. The molecule has 128 valence electrons. The van der Waals surface area contributed by atoms with Crippen molar-refractivity contribution in [3.63, 3.8) is 0 Å². The largest absolute Gasteiger partial charge is 0.493 e. The summed E-state index contributed by atoms with van der Waals surface area (Å²) >= 11 is 0. The lowest BCUT2D eigenvalue weighted by Crippen LogP contribution is -1.93. The predicted octanol–water partition coefficient (Wildman–Crippen LogP) is 3.42. The third kappa shape index (κ3) is 3.06. The van der Waals surface area contributed by atoms with Crippen LogP contribution in [0.4, 0.5) is 0 Å². The molecular formula is C19H18N2O4. The number of carbonyl (C=O) groups is 1. The van der Waals surface area contributed by atoms with Crippen LogP contribution in [0.2, 0.25) is 0 Å². The first-order valence-corrected chi connectivity index (χ1v) is 7.66. The van der Waals surface area contributed by atoms with Crippen molar-refractivity contribution in [3.8, 4) is 22.8 Å². The van der Waals surface area contributed by atoms with Crippen molar-refractivity contribution in [1.82, 2.24) is 9.38 Å². The molecule has 0 fully saturated rings. The zero-order chi connectivity index (χ0) is 18.0. The summed E-state index contributed by atoms with van der Waals surface area (Å²) < 4.78 is 12.5. The van der Waals surface area contributed by atoms with Gasteiger partial charge in [0.1, 0.15) is 5.65 Å². The maximum absolute atomic E-state index is 11.0. The number of aromatic nitrogens is 2. The van der Waals surface area contributed by atoms with E-state index in [-0.39, 0.29) is 0 Å². The van der Waals surface area contributed by atoms with Gasteiger partial charge in [-0.15, -0.1) is 0 Å². The Morgan fingerprint density at radius 2 is 1.96 bits per heavy atom. The molecule has 0 saturated heterocycles. The fourth-order valence-corrected chi connectivity index (χ4v) is 2.73. The van der Waals surface area contributed by atoms with Crippen LogP contribution in [-0.4, -0.2) is 34.7 Å². The number of hydrogen-bond acceptors (Lipinski definition) is 4. The first kappa shape index (κ1) is 16.6. The number of methoxy groups -OCH3 is 2. The van der Waals surface area contributed by atoms with Crippen molar-refractivity contribution in [2.75, 3.05) is 14.2 Å². The van der Waals surface area contributed by atoms with Gasteiger partial charge < -0.3 is 14.6 Å². The number of carboxylic acids is 1. The molecule has 6 heteroatoms. The van der Waals surface area contributed by atoms with Crippen LogP contribution < -0.4 is 9.47 Å². The van der Waals surface area contributed by atoms with E-state index in [2.05, 4.69) is 0 Å². The molecule has 0 aliphatic heterocycles. The van der Waals surface area contributed by atoms with Crippen molar-refractivity contribution in [1.29, 1.82) is 0 Å². The number of imidazole rings is 1. The molecule has 3 aromatic rings. The number of pyridine rings is 1. The van der Waals surface area contributed by atoms with Crippen LogP contribution in [0.5, 0.6) is 11.5 Å². The summed E-state index contributed by atoms with van der Waals surface area (Å²) in [6.07, 6.45) is 4.52. The van der Waals surface area contributed by atoms with Crippen molar-refractivity contribution in [3.05, 3.63) is 53.9 Å². The van der Waals surface area contributed by atoms with E-state index >= 15 is 0 Å². The Morgan fingerprint density at radius 3 is 2.64 bits per heavy atom. The number of benzene rings is 1. The molecule has 3 rings (SSSR count). The number of rotatable bonds is 5. The van der Waals surface area contributed by atoms with Crippen LogP contribution >= 0.6 is 0 Å². The van der Waals surface area contributed by atoms with E-state index in [1.54, 1.807) is 26.4 Å². The summed E-state index contributed by atoms with van der Waals surface area (Å²) in [5.41, 5.74) is 3.95. The molecule has 2 heterocycles. The van der Waals surface area contributed by atoms with Gasteiger partial charge in [0.2, 0.25) is 0 Å². The zero-order valence-electron chi connectivity index (χ0n) is 14.2. The Morgan fingerprint density at radius 1 is 1.20 bits per heavy atom. The van der Waals surface area contributed by atoms with E-state index in [9.17, 15) is 4.79 Å². The zero-order valence-corrected chi connectivity index (χ0v) is 14.2. The Bertz CT molecular complexity index is 973. The molecule has 0 atom stereocenters. The van der Waals surface area contributed by atoms with Crippen LogP contribution in [0.3, 0.4) is 0 Å². The fraction of sp³-hybridized carbons (Fsp3) is 0.158. The average Bonchev–Trinajstić information content (AvgIpc) is 2.99. The molecule has 2 aromatic heterocycles. The molecule has 0 aliphatic carbocycles. The minimum absolute atomic E-state index is 0.585. The number of fused-ring (bicyclic) bond motifs is 1. The molecule has 0 saturated carbocycles. The maximum Gasteiger partial charge on any atom is 0.328 e. The number of aliphatic carboxylic acids is 1. The van der Waals surface area contributed by atoms with E-state index in [0.29, 0.717) is 22.9 Å². The first-order chi connectivity index (χ1) is 12.0. The number of carboxylic acid groups (broad SMARTS) is 1. The quantitative estimate of drug-likeness (QED) is 0.722. The van der Waals surface area contributed by atoms with Crippen molar-refractivity contribution >= 4 is 17.7 Å². The molecule has 1 aromatic carbocycles. The van der Waals surface area contributed by atoms with E-state index in [1.807, 2.05) is 41.8 Å². The monoisotopic (exact) mass is 338 g/mol. The maximum atomic E-state index is 11.0. The Labute approximate surface area is 145 Å². The summed E-state index contributed by atoms with van der Waals surface area (Å²) in [5, 5.41) is 9.00. The molecule has 0 radical (unpaired) electrons. The van der Waals surface area contributed by atoms with Gasteiger partial charge in [0.25, 0.3) is 0 Å². The van der Waals surface area contributed by atoms with Gasteiger partial charge in [-0.25, -0.2) is 9.78 Å². The number of hydrogen-bond donors (Lipinski definition) is 1. The van der Waals surface area contributed by atoms with Crippen LogP contribution in [0, 0.1) is 6.92 Å². The van der Waals surface area contributed by atoms with Crippen LogP contribution in [0.1, 0.15) is 11.3 Å². The standard InChI is InChI=1S/C19H18N2O4/c1-12-5-4-10-21-14(7-9-17(22)23)18(20-19(12)21)13-6-8-15(24-2)16(11-13)25-3/h4-11H,1-3H3,(H,22,23). The minimum atomic E-state index is -1.01. The second kappa shape index (κ2) is 6.68. The summed E-state index contributed by atoms with van der Waals surface area (Å²) in [6, 6.07) is 9.37. The molecule has 1 N–H and O–H groups in total. The van der Waals surface area contributed by atoms with Crippen molar-refractivity contribution in [2.24, 2.45) is 0 Å². The lowest BCUT2D eigenvalue weighted by atomic mass is 10.1. The first-order valence-electron chi connectivity index (χ1n) is 7.66. The van der Waals surface area contributed by atoms with Crippen LogP contribution in [-0.2, 0) is 4.79 Å². The average molecular weight is 338 g/mol. The minimum Gasteiger partial charge on any atom is -0.493 e. The van der Waals surface area contributed by atoms with Gasteiger partial charge in [-0.2, -0.15) is 0 Å². The molecule has 0 amide bonds. The summed E-state index contributed by atoms with van der Waals surface area (Å²) in [5.74, 6) is 0.191. The van der Waals surface area contributed by atoms with E-state index < -0.39 is 5.97 Å². The Kier molecular flexibility index (Phi) is 4.43. The van der Waals surface area contributed by atoms with E-state index in [1.165, 1.54) is 0 Å². The Balaban J connectivity index is 2.26. The highest BCUT2D eigenvalue weighted by molar-refractivity contribution is 5.87. The second-order valence-corrected chi connectivity index (χ2v) is 5.47. The van der Waals surface area contributed by atoms with Gasteiger partial charge in [0, 0.05) is 17.8 Å². The normalized spacial score (nSPS) is 11.2. The van der Waals surface area contributed by atoms with Crippen molar-refractivity contribution < 1.29 is 19.4 Å². The molecular weight excluding hydrogens is 320 g/mol. The lowest BCUT2D eigenvalue weighted by molar-refractivity contribution is -0.131. The SMILES string of the molecule is COc1ccc(-c2nc3c(C)cccn3c2C=CC(=O)O)cc1OC. The van der Waals surface area contributed by atoms with Gasteiger partial charge in [-0.3, -0.25) is 4.40 Å². The summed E-state index contributed by atoms with van der Waals surface area (Å²) in [6.45, 7) is 1.96. The third-order valence-corrected chi connectivity index (χ3v) is 3.92. The van der Waals surface area contributed by atoms with Crippen molar-refractivity contribution in [2.45, 2.75) is 6.92 Å². The molecule has 0 bridgehead atoms. The number of ether oxygens (including phenoxy) is 2. The molecule has 0 spiro atoms. The second-order valence-electron chi connectivity index (χ2n) is 5.47. The van der Waals surface area contributed by atoms with Gasteiger partial charge in [0.15, 0.2) is 11.5 Å². The van der Waals surface area contributed by atoms with Gasteiger partial charge in [0.05, 0.1) is 25.6 Å². The third-order valence-electron chi connectivity index (χ3n) is 3.92. The van der Waals surface area contributed by atoms with Gasteiger partial charge in [-0.05, 0) is 42.8 Å². The number of nitrogens with zero attached hydrogens (tertiary/aromatic N) is 2. The molecule has 25 heavy (non-hydrogen) atoms. The van der Waals surface area contributed by atoms with Gasteiger partial charge in [-0.1, -0.05) is 6.07 Å². The highest BCUT2D eigenvalue weighted by Crippen LogP contribution is 2.34.